The lowest BCUT2D eigenvalue weighted by Gasteiger charge is -2.35. The van der Waals surface area contributed by atoms with Crippen molar-refractivity contribution in [2.45, 2.75) is 33.2 Å². The van der Waals surface area contributed by atoms with Gasteiger partial charge in [-0.3, -0.25) is 4.48 Å². The normalized spacial score (nSPS) is 13.5. The van der Waals surface area contributed by atoms with Crippen molar-refractivity contribution < 1.29 is 18.5 Å². The van der Waals surface area contributed by atoms with Crippen molar-refractivity contribution >= 4 is 5.97 Å². The van der Waals surface area contributed by atoms with E-state index in [1.165, 1.54) is 17.2 Å². The molecule has 0 aliphatic heterocycles. The number of quaternary nitrogens is 2. The summed E-state index contributed by atoms with van der Waals surface area (Å²) in [6.07, 6.45) is 0.981. The summed E-state index contributed by atoms with van der Waals surface area (Å²) in [5, 5.41) is 0. The van der Waals surface area contributed by atoms with Crippen molar-refractivity contribution in [3.63, 3.8) is 0 Å². The van der Waals surface area contributed by atoms with E-state index in [1.807, 2.05) is 6.92 Å². The molecule has 1 unspecified atom stereocenters. The van der Waals surface area contributed by atoms with Crippen LogP contribution in [0.15, 0.2) is 36.9 Å². The molecule has 1 rings (SSSR count). The smallest absolute Gasteiger partial charge is 0.334 e. The first-order chi connectivity index (χ1) is 10.6. The van der Waals surface area contributed by atoms with Crippen LogP contribution in [0.25, 0.3) is 0 Å². The molecule has 0 amide bonds. The lowest BCUT2D eigenvalue weighted by Crippen LogP contribution is -2.48. The maximum absolute atomic E-state index is 11.4. The van der Waals surface area contributed by atoms with Crippen LogP contribution in [0.5, 0.6) is 0 Å². The molecule has 1 aromatic rings. The molecule has 4 nitrogen and oxygen atoms in total. The molecule has 1 atom stereocenters. The Morgan fingerprint density at radius 2 is 1.61 bits per heavy atom. The minimum Gasteiger partial charge on any atom is -0.410 e. The number of benzene rings is 1. The van der Waals surface area contributed by atoms with Crippen LogP contribution in [0.2, 0.25) is 0 Å². The van der Waals surface area contributed by atoms with Gasteiger partial charge >= 0.3 is 5.97 Å². The summed E-state index contributed by atoms with van der Waals surface area (Å²) in [5.41, 5.74) is 2.58. The molecule has 128 valence electrons. The third-order valence-electron chi connectivity index (χ3n) is 4.52. The largest absolute Gasteiger partial charge is 0.410 e. The SMILES string of the molecule is C=CC(=O)OC(C)[N+](C)(C)Cc1ccc(C[N+](C)(C)CC)cc1. The van der Waals surface area contributed by atoms with Crippen LogP contribution in [0.1, 0.15) is 25.0 Å². The van der Waals surface area contributed by atoms with Gasteiger partial charge in [-0.1, -0.05) is 30.8 Å². The van der Waals surface area contributed by atoms with E-state index in [9.17, 15) is 4.79 Å². The predicted octanol–water partition coefficient (Wildman–Crippen LogP) is 2.93. The fourth-order valence-corrected chi connectivity index (χ4v) is 2.31. The van der Waals surface area contributed by atoms with Gasteiger partial charge in [0.15, 0.2) is 0 Å². The summed E-state index contributed by atoms with van der Waals surface area (Å²) in [7, 11) is 8.60. The molecule has 0 fully saturated rings. The summed E-state index contributed by atoms with van der Waals surface area (Å²) in [4.78, 5) is 11.4. The lowest BCUT2D eigenvalue weighted by atomic mass is 10.1. The molecule has 0 aromatic heterocycles. The van der Waals surface area contributed by atoms with Gasteiger partial charge in [-0.2, -0.15) is 0 Å². The number of ether oxygens (including phenoxy) is 1. The van der Waals surface area contributed by atoms with Crippen molar-refractivity contribution in [2.75, 3.05) is 34.7 Å². The summed E-state index contributed by atoms with van der Waals surface area (Å²) >= 11 is 0. The van der Waals surface area contributed by atoms with Gasteiger partial charge in [-0.15, -0.1) is 0 Å². The zero-order chi connectivity index (χ0) is 17.7. The second-order valence-electron chi connectivity index (χ2n) is 7.40. The van der Waals surface area contributed by atoms with Gasteiger partial charge in [-0.05, 0) is 6.92 Å². The van der Waals surface area contributed by atoms with Gasteiger partial charge < -0.3 is 9.22 Å². The van der Waals surface area contributed by atoms with E-state index in [2.05, 4.69) is 66.0 Å². The van der Waals surface area contributed by atoms with E-state index in [1.54, 1.807) is 0 Å². The molecule has 0 radical (unpaired) electrons. The summed E-state index contributed by atoms with van der Waals surface area (Å²) < 4.78 is 6.91. The highest BCUT2D eigenvalue weighted by molar-refractivity contribution is 5.81. The molecule has 0 aliphatic rings. The summed E-state index contributed by atoms with van der Waals surface area (Å²) in [5.74, 6) is -0.376. The Balaban J connectivity index is 2.73. The van der Waals surface area contributed by atoms with Gasteiger partial charge in [0.1, 0.15) is 13.1 Å². The molecular formula is C19H32N2O2+2. The predicted molar refractivity (Wildman–Crippen MR) is 94.4 cm³/mol. The molecule has 4 heteroatoms. The van der Waals surface area contributed by atoms with Crippen LogP contribution in [-0.2, 0) is 22.6 Å². The van der Waals surface area contributed by atoms with Crippen LogP contribution in [0.3, 0.4) is 0 Å². The molecule has 0 bridgehead atoms. The maximum atomic E-state index is 11.4. The molecule has 0 N–H and O–H groups in total. The topological polar surface area (TPSA) is 26.3 Å². The van der Waals surface area contributed by atoms with Gasteiger partial charge in [0.25, 0.3) is 0 Å². The monoisotopic (exact) mass is 320 g/mol. The average molecular weight is 320 g/mol. The maximum Gasteiger partial charge on any atom is 0.334 e. The molecular weight excluding hydrogens is 288 g/mol. The van der Waals surface area contributed by atoms with E-state index < -0.39 is 0 Å². The number of hydrogen-bond donors (Lipinski definition) is 0. The third kappa shape index (κ3) is 6.16. The Morgan fingerprint density at radius 1 is 1.13 bits per heavy atom. The first-order valence-corrected chi connectivity index (χ1v) is 8.15. The average Bonchev–Trinajstić information content (AvgIpc) is 2.48. The molecule has 0 aliphatic carbocycles. The number of nitrogens with zero attached hydrogens (tertiary/aromatic N) is 2. The van der Waals surface area contributed by atoms with Gasteiger partial charge in [0.05, 0.1) is 34.7 Å². The molecule has 1 aromatic carbocycles. The van der Waals surface area contributed by atoms with Gasteiger partial charge in [-0.25, -0.2) is 4.79 Å². The second kappa shape index (κ2) is 7.75. The highest BCUT2D eigenvalue weighted by atomic mass is 16.6. The Kier molecular flexibility index (Phi) is 6.54. The minimum atomic E-state index is -0.376. The Hall–Kier alpha value is -1.65. The minimum absolute atomic E-state index is 0.226. The molecule has 23 heavy (non-hydrogen) atoms. The first kappa shape index (κ1) is 19.4. The molecule has 0 saturated heterocycles. The van der Waals surface area contributed by atoms with E-state index >= 15 is 0 Å². The standard InChI is InChI=1S/C19H32N2O2/c1-8-19(22)23-16(3)21(6,7)15-18-12-10-17(11-13-18)14-20(4,5)9-2/h8,10-13,16H,1,9,14-15H2,2-7H3/q+2. The number of carbonyl (C=O) groups excluding carboxylic acids is 1. The van der Waals surface area contributed by atoms with Crippen molar-refractivity contribution in [3.05, 3.63) is 48.0 Å². The van der Waals surface area contributed by atoms with Crippen LogP contribution >= 0.6 is 0 Å². The third-order valence-corrected chi connectivity index (χ3v) is 4.52. The highest BCUT2D eigenvalue weighted by Crippen LogP contribution is 2.17. The second-order valence-corrected chi connectivity index (χ2v) is 7.40. The number of rotatable bonds is 8. The van der Waals surface area contributed by atoms with E-state index in [4.69, 9.17) is 4.74 Å². The van der Waals surface area contributed by atoms with Gasteiger partial charge in [0.2, 0.25) is 6.23 Å². The number of carbonyl (C=O) groups is 1. The molecule has 0 heterocycles. The Bertz CT molecular complexity index is 533. The van der Waals surface area contributed by atoms with E-state index in [0.29, 0.717) is 4.48 Å². The highest BCUT2D eigenvalue weighted by Gasteiger charge is 2.27. The summed E-state index contributed by atoms with van der Waals surface area (Å²) in [6, 6.07) is 8.75. The fourth-order valence-electron chi connectivity index (χ4n) is 2.31. The zero-order valence-electron chi connectivity index (χ0n) is 15.5. The van der Waals surface area contributed by atoms with Crippen LogP contribution in [0.4, 0.5) is 0 Å². The zero-order valence-corrected chi connectivity index (χ0v) is 15.5. The first-order valence-electron chi connectivity index (χ1n) is 8.15. The van der Waals surface area contributed by atoms with Gasteiger partial charge in [0, 0.05) is 24.1 Å². The number of esters is 1. The van der Waals surface area contributed by atoms with E-state index in [0.717, 1.165) is 24.1 Å². The van der Waals surface area contributed by atoms with Crippen LogP contribution in [0, 0.1) is 0 Å². The lowest BCUT2D eigenvalue weighted by molar-refractivity contribution is -0.945. The van der Waals surface area contributed by atoms with E-state index in [-0.39, 0.29) is 12.2 Å². The fraction of sp³-hybridized carbons (Fsp3) is 0.526. The Labute approximate surface area is 141 Å². The molecule has 0 saturated carbocycles. The molecule has 0 spiro atoms. The summed E-state index contributed by atoms with van der Waals surface area (Å²) in [6.45, 7) is 10.5. The quantitative estimate of drug-likeness (QED) is 0.319. The van der Waals surface area contributed by atoms with Crippen molar-refractivity contribution in [3.8, 4) is 0 Å². The van der Waals surface area contributed by atoms with Crippen LogP contribution in [-0.4, -0.2) is 55.9 Å². The van der Waals surface area contributed by atoms with Crippen molar-refractivity contribution in [1.82, 2.24) is 0 Å². The van der Waals surface area contributed by atoms with Crippen molar-refractivity contribution in [2.24, 2.45) is 0 Å². The van der Waals surface area contributed by atoms with Crippen molar-refractivity contribution in [1.29, 1.82) is 0 Å². The number of hydrogen-bond acceptors (Lipinski definition) is 2. The van der Waals surface area contributed by atoms with Crippen LogP contribution < -0.4 is 0 Å². The Morgan fingerprint density at radius 3 is 2.04 bits per heavy atom.